The van der Waals surface area contributed by atoms with Crippen molar-refractivity contribution >= 4 is 11.7 Å². The van der Waals surface area contributed by atoms with Gasteiger partial charge in [0.1, 0.15) is 5.69 Å². The maximum Gasteiger partial charge on any atom is 0.340 e. The molecule has 0 aliphatic rings. The maximum absolute atomic E-state index is 11.7. The first kappa shape index (κ1) is 13.9. The van der Waals surface area contributed by atoms with Crippen molar-refractivity contribution in [3.8, 4) is 11.8 Å². The zero-order chi connectivity index (χ0) is 14.7. The normalized spacial score (nSPS) is 10.3. The lowest BCUT2D eigenvalue weighted by Crippen LogP contribution is -2.10. The van der Waals surface area contributed by atoms with Gasteiger partial charge < -0.3 is 15.2 Å². The molecule has 0 aliphatic heterocycles. The second-order valence-corrected chi connectivity index (χ2v) is 4.15. The molecule has 0 radical (unpaired) electrons. The van der Waals surface area contributed by atoms with Gasteiger partial charge in [0.25, 0.3) is 0 Å². The van der Waals surface area contributed by atoms with Crippen LogP contribution in [0.15, 0.2) is 18.3 Å². The predicted molar refractivity (Wildman–Crippen MR) is 72.6 cm³/mol. The summed E-state index contributed by atoms with van der Waals surface area (Å²) >= 11 is 0. The number of rotatable bonds is 4. The third-order valence-corrected chi connectivity index (χ3v) is 2.61. The number of hydrogen-bond donors (Lipinski definition) is 1. The van der Waals surface area contributed by atoms with E-state index >= 15 is 0 Å². The van der Waals surface area contributed by atoms with E-state index in [4.69, 9.17) is 15.2 Å². The Bertz CT molecular complexity index is 637. The summed E-state index contributed by atoms with van der Waals surface area (Å²) in [7, 11) is 1.74. The van der Waals surface area contributed by atoms with Crippen molar-refractivity contribution in [2.24, 2.45) is 7.05 Å². The number of aromatic nitrogens is 3. The van der Waals surface area contributed by atoms with Crippen molar-refractivity contribution < 1.29 is 14.3 Å². The van der Waals surface area contributed by atoms with Gasteiger partial charge in [-0.3, -0.25) is 0 Å². The Hall–Kier alpha value is -2.57. The maximum atomic E-state index is 11.7. The van der Waals surface area contributed by atoms with E-state index in [1.54, 1.807) is 24.7 Å². The van der Waals surface area contributed by atoms with Gasteiger partial charge in [0.05, 0.1) is 17.9 Å². The molecule has 2 aromatic heterocycles. The second-order valence-electron chi connectivity index (χ2n) is 4.15. The molecule has 0 spiro atoms. The highest BCUT2D eigenvalue weighted by Crippen LogP contribution is 2.28. The monoisotopic (exact) mass is 276 g/mol. The molecule has 0 saturated heterocycles. The van der Waals surface area contributed by atoms with Crippen molar-refractivity contribution in [1.29, 1.82) is 0 Å². The molecule has 0 aliphatic carbocycles. The Labute approximate surface area is 116 Å². The minimum atomic E-state index is -0.501. The van der Waals surface area contributed by atoms with Gasteiger partial charge in [0.2, 0.25) is 11.8 Å². The standard InChI is InChI=1S/C13H16N4O3/c1-4-19-13(18)9-5-6-15-12(11(9)14)20-10-7-8(2)16-17(10)3/h5-7H,4,14H2,1-3H3. The van der Waals surface area contributed by atoms with Crippen molar-refractivity contribution in [2.75, 3.05) is 12.3 Å². The lowest BCUT2D eigenvalue weighted by atomic mass is 10.2. The van der Waals surface area contributed by atoms with Gasteiger partial charge in [-0.25, -0.2) is 14.5 Å². The van der Waals surface area contributed by atoms with Gasteiger partial charge >= 0.3 is 5.97 Å². The minimum Gasteiger partial charge on any atom is -0.462 e. The highest BCUT2D eigenvalue weighted by Gasteiger charge is 2.17. The van der Waals surface area contributed by atoms with Crippen LogP contribution in [0.1, 0.15) is 23.0 Å². The third-order valence-electron chi connectivity index (χ3n) is 2.61. The minimum absolute atomic E-state index is 0.143. The van der Waals surface area contributed by atoms with E-state index in [1.807, 2.05) is 6.92 Å². The van der Waals surface area contributed by atoms with Crippen LogP contribution in [0.5, 0.6) is 11.8 Å². The topological polar surface area (TPSA) is 92.3 Å². The van der Waals surface area contributed by atoms with E-state index in [-0.39, 0.29) is 23.7 Å². The molecule has 0 unspecified atom stereocenters. The lowest BCUT2D eigenvalue weighted by Gasteiger charge is -2.10. The highest BCUT2D eigenvalue weighted by molar-refractivity contribution is 5.96. The summed E-state index contributed by atoms with van der Waals surface area (Å²) in [4.78, 5) is 15.8. The van der Waals surface area contributed by atoms with E-state index in [9.17, 15) is 4.79 Å². The number of anilines is 1. The number of pyridine rings is 1. The largest absolute Gasteiger partial charge is 0.462 e. The summed E-state index contributed by atoms with van der Waals surface area (Å²) in [5, 5.41) is 4.16. The first-order valence-corrected chi connectivity index (χ1v) is 6.13. The van der Waals surface area contributed by atoms with Crippen LogP contribution in [0.3, 0.4) is 0 Å². The number of nitrogens with two attached hydrogens (primary N) is 1. The Balaban J connectivity index is 2.31. The van der Waals surface area contributed by atoms with Gasteiger partial charge in [0, 0.05) is 19.3 Å². The van der Waals surface area contributed by atoms with Crippen LogP contribution in [-0.2, 0) is 11.8 Å². The van der Waals surface area contributed by atoms with Crippen LogP contribution >= 0.6 is 0 Å². The van der Waals surface area contributed by atoms with Gasteiger partial charge in [-0.05, 0) is 19.9 Å². The molecule has 2 heterocycles. The van der Waals surface area contributed by atoms with Crippen LogP contribution in [-0.4, -0.2) is 27.3 Å². The van der Waals surface area contributed by atoms with Gasteiger partial charge in [0.15, 0.2) is 0 Å². The average Bonchev–Trinajstić information content (AvgIpc) is 2.70. The third kappa shape index (κ3) is 2.71. The zero-order valence-corrected chi connectivity index (χ0v) is 11.6. The molecule has 20 heavy (non-hydrogen) atoms. The molecule has 7 heteroatoms. The molecule has 0 amide bonds. The summed E-state index contributed by atoms with van der Waals surface area (Å²) in [6.45, 7) is 3.85. The number of aryl methyl sites for hydroxylation is 2. The van der Waals surface area contributed by atoms with Crippen LogP contribution in [0.4, 0.5) is 5.69 Å². The van der Waals surface area contributed by atoms with Crippen molar-refractivity contribution in [2.45, 2.75) is 13.8 Å². The van der Waals surface area contributed by atoms with Crippen molar-refractivity contribution in [3.63, 3.8) is 0 Å². The molecule has 2 rings (SSSR count). The molecule has 2 N–H and O–H groups in total. The lowest BCUT2D eigenvalue weighted by molar-refractivity contribution is 0.0527. The number of nitrogens with zero attached hydrogens (tertiary/aromatic N) is 3. The van der Waals surface area contributed by atoms with E-state index in [2.05, 4.69) is 10.1 Å². The van der Waals surface area contributed by atoms with Gasteiger partial charge in [-0.15, -0.1) is 0 Å². The summed E-state index contributed by atoms with van der Waals surface area (Å²) in [6.07, 6.45) is 1.45. The molecule has 2 aromatic rings. The fourth-order valence-electron chi connectivity index (χ4n) is 1.70. The molecular formula is C13H16N4O3. The van der Waals surface area contributed by atoms with Crippen molar-refractivity contribution in [1.82, 2.24) is 14.8 Å². The first-order valence-electron chi connectivity index (χ1n) is 6.13. The molecular weight excluding hydrogens is 260 g/mol. The smallest absolute Gasteiger partial charge is 0.340 e. The molecule has 0 aromatic carbocycles. The van der Waals surface area contributed by atoms with E-state index < -0.39 is 5.97 Å². The van der Waals surface area contributed by atoms with E-state index in [0.29, 0.717) is 5.88 Å². The molecule has 0 atom stereocenters. The summed E-state index contributed by atoms with van der Waals surface area (Å²) in [5.74, 6) is 0.139. The van der Waals surface area contributed by atoms with E-state index in [0.717, 1.165) is 5.69 Å². The number of nitrogen functional groups attached to an aromatic ring is 1. The SMILES string of the molecule is CCOC(=O)c1ccnc(Oc2cc(C)nn2C)c1N. The molecule has 106 valence electrons. The molecule has 7 nitrogen and oxygen atoms in total. The number of carbonyl (C=O) groups excluding carboxylic acids is 1. The van der Waals surface area contributed by atoms with E-state index in [1.165, 1.54) is 12.3 Å². The summed E-state index contributed by atoms with van der Waals surface area (Å²) in [5.41, 5.74) is 7.08. The number of ether oxygens (including phenoxy) is 2. The highest BCUT2D eigenvalue weighted by atomic mass is 16.5. The Morgan fingerprint density at radius 3 is 2.85 bits per heavy atom. The fraction of sp³-hybridized carbons (Fsp3) is 0.308. The van der Waals surface area contributed by atoms with Crippen molar-refractivity contribution in [3.05, 3.63) is 29.6 Å². The Kier molecular flexibility index (Phi) is 3.88. The summed E-state index contributed by atoms with van der Waals surface area (Å²) < 4.78 is 12.1. The van der Waals surface area contributed by atoms with Crippen LogP contribution in [0, 0.1) is 6.92 Å². The van der Waals surface area contributed by atoms with Gasteiger partial charge in [-0.2, -0.15) is 5.10 Å². The van der Waals surface area contributed by atoms with Crippen LogP contribution in [0.2, 0.25) is 0 Å². The summed E-state index contributed by atoms with van der Waals surface area (Å²) in [6, 6.07) is 3.24. The molecule has 0 fully saturated rings. The fourth-order valence-corrected chi connectivity index (χ4v) is 1.70. The van der Waals surface area contributed by atoms with Crippen LogP contribution in [0.25, 0.3) is 0 Å². The molecule has 0 bridgehead atoms. The van der Waals surface area contributed by atoms with Gasteiger partial charge in [-0.1, -0.05) is 0 Å². The average molecular weight is 276 g/mol. The molecule has 0 saturated carbocycles. The number of esters is 1. The Morgan fingerprint density at radius 2 is 2.25 bits per heavy atom. The second kappa shape index (κ2) is 5.60. The number of hydrogen-bond acceptors (Lipinski definition) is 6. The Morgan fingerprint density at radius 1 is 1.50 bits per heavy atom. The quantitative estimate of drug-likeness (QED) is 0.854. The van der Waals surface area contributed by atoms with Crippen LogP contribution < -0.4 is 10.5 Å². The number of carbonyl (C=O) groups is 1. The predicted octanol–water partition coefficient (Wildman–Crippen LogP) is 1.67. The zero-order valence-electron chi connectivity index (χ0n) is 11.6. The first-order chi connectivity index (χ1) is 9.52.